The lowest BCUT2D eigenvalue weighted by Crippen LogP contribution is -2.30. The van der Waals surface area contributed by atoms with Crippen LogP contribution in [0.5, 0.6) is 5.75 Å². The molecule has 0 aliphatic heterocycles. The van der Waals surface area contributed by atoms with Crippen LogP contribution in [0.15, 0.2) is 30.5 Å². The SMILES string of the molecule is COc1ccc(C(NN)c2cc(C)cnc2N)c(F)c1. The van der Waals surface area contributed by atoms with Crippen molar-refractivity contribution in [3.8, 4) is 5.75 Å². The number of ether oxygens (including phenoxy) is 1. The van der Waals surface area contributed by atoms with Crippen LogP contribution in [0.1, 0.15) is 22.7 Å². The second kappa shape index (κ2) is 5.85. The number of hydrazine groups is 1. The smallest absolute Gasteiger partial charge is 0.132 e. The number of aromatic nitrogens is 1. The topological polar surface area (TPSA) is 86.2 Å². The van der Waals surface area contributed by atoms with Crippen LogP contribution >= 0.6 is 0 Å². The van der Waals surface area contributed by atoms with E-state index in [1.807, 2.05) is 13.0 Å². The summed E-state index contributed by atoms with van der Waals surface area (Å²) in [5.74, 6) is 5.90. The highest BCUT2D eigenvalue weighted by Gasteiger charge is 2.20. The fraction of sp³-hybridized carbons (Fsp3) is 0.214. The molecular formula is C14H17FN4O. The molecule has 0 spiro atoms. The highest BCUT2D eigenvalue weighted by atomic mass is 19.1. The van der Waals surface area contributed by atoms with E-state index in [0.717, 1.165) is 5.56 Å². The normalized spacial score (nSPS) is 12.2. The Hall–Kier alpha value is -2.18. The van der Waals surface area contributed by atoms with Gasteiger partial charge in [-0.15, -0.1) is 0 Å². The van der Waals surface area contributed by atoms with Crippen LogP contribution in [-0.2, 0) is 0 Å². The standard InChI is InChI=1S/C14H17FN4O/c1-8-5-11(14(16)18-7-8)13(19-17)10-4-3-9(20-2)6-12(10)15/h3-7,13,19H,17H2,1-2H3,(H2,16,18). The molecular weight excluding hydrogens is 259 g/mol. The minimum absolute atomic E-state index is 0.314. The first-order valence-corrected chi connectivity index (χ1v) is 6.08. The lowest BCUT2D eigenvalue weighted by Gasteiger charge is -2.19. The van der Waals surface area contributed by atoms with Crippen LogP contribution < -0.4 is 21.7 Å². The van der Waals surface area contributed by atoms with Gasteiger partial charge in [-0.2, -0.15) is 0 Å². The first kappa shape index (κ1) is 14.2. The van der Waals surface area contributed by atoms with Crippen molar-refractivity contribution < 1.29 is 9.13 Å². The van der Waals surface area contributed by atoms with Crippen molar-refractivity contribution in [2.75, 3.05) is 12.8 Å². The fourth-order valence-corrected chi connectivity index (χ4v) is 2.05. The number of hydrogen-bond donors (Lipinski definition) is 3. The first-order chi connectivity index (χ1) is 9.56. The van der Waals surface area contributed by atoms with Crippen molar-refractivity contribution in [1.82, 2.24) is 10.4 Å². The van der Waals surface area contributed by atoms with Crippen molar-refractivity contribution in [2.24, 2.45) is 5.84 Å². The third kappa shape index (κ3) is 2.71. The molecule has 0 saturated carbocycles. The molecule has 5 nitrogen and oxygen atoms in total. The molecule has 1 heterocycles. The lowest BCUT2D eigenvalue weighted by atomic mass is 9.98. The third-order valence-electron chi connectivity index (χ3n) is 3.08. The van der Waals surface area contributed by atoms with Crippen LogP contribution in [0.2, 0.25) is 0 Å². The predicted octanol–water partition coefficient (Wildman–Crippen LogP) is 1.67. The van der Waals surface area contributed by atoms with E-state index in [1.54, 1.807) is 18.3 Å². The number of halogens is 1. The Kier molecular flexibility index (Phi) is 4.16. The minimum atomic E-state index is -0.576. The second-order valence-corrected chi connectivity index (χ2v) is 4.47. The molecule has 0 fully saturated rings. The van der Waals surface area contributed by atoms with Crippen LogP contribution in [0, 0.1) is 12.7 Å². The van der Waals surface area contributed by atoms with Gasteiger partial charge < -0.3 is 10.5 Å². The van der Waals surface area contributed by atoms with E-state index in [0.29, 0.717) is 22.7 Å². The number of benzene rings is 1. The maximum Gasteiger partial charge on any atom is 0.132 e. The van der Waals surface area contributed by atoms with Gasteiger partial charge in [0.05, 0.1) is 13.2 Å². The van der Waals surface area contributed by atoms with Gasteiger partial charge in [0.1, 0.15) is 17.4 Å². The largest absolute Gasteiger partial charge is 0.497 e. The third-order valence-corrected chi connectivity index (χ3v) is 3.08. The first-order valence-electron chi connectivity index (χ1n) is 6.08. The number of pyridine rings is 1. The molecule has 2 aromatic rings. The summed E-state index contributed by atoms with van der Waals surface area (Å²) in [5, 5.41) is 0. The van der Waals surface area contributed by atoms with Gasteiger partial charge in [0.25, 0.3) is 0 Å². The van der Waals surface area contributed by atoms with Crippen molar-refractivity contribution in [3.63, 3.8) is 0 Å². The number of nitrogen functional groups attached to an aromatic ring is 1. The highest BCUT2D eigenvalue weighted by molar-refractivity contribution is 5.48. The van der Waals surface area contributed by atoms with Gasteiger partial charge in [0.2, 0.25) is 0 Å². The molecule has 0 aliphatic rings. The summed E-state index contributed by atoms with van der Waals surface area (Å²) in [7, 11) is 1.48. The Morgan fingerprint density at radius 2 is 2.05 bits per heavy atom. The number of nitrogens with one attached hydrogen (secondary N) is 1. The molecule has 2 rings (SSSR count). The number of aryl methyl sites for hydroxylation is 1. The predicted molar refractivity (Wildman–Crippen MR) is 75.5 cm³/mol. The number of rotatable bonds is 4. The zero-order chi connectivity index (χ0) is 14.7. The molecule has 20 heavy (non-hydrogen) atoms. The van der Waals surface area contributed by atoms with Gasteiger partial charge in [0.15, 0.2) is 0 Å². The van der Waals surface area contributed by atoms with Gasteiger partial charge in [-0.05, 0) is 24.6 Å². The van der Waals surface area contributed by atoms with E-state index in [9.17, 15) is 4.39 Å². The molecule has 106 valence electrons. The number of methoxy groups -OCH3 is 1. The molecule has 0 amide bonds. The molecule has 1 aromatic carbocycles. The maximum absolute atomic E-state index is 14.2. The number of hydrogen-bond acceptors (Lipinski definition) is 5. The van der Waals surface area contributed by atoms with Gasteiger partial charge in [-0.3, -0.25) is 5.84 Å². The monoisotopic (exact) mass is 276 g/mol. The molecule has 0 aliphatic carbocycles. The van der Waals surface area contributed by atoms with Gasteiger partial charge in [-0.1, -0.05) is 6.07 Å². The molecule has 0 radical (unpaired) electrons. The van der Waals surface area contributed by atoms with Crippen molar-refractivity contribution >= 4 is 5.82 Å². The van der Waals surface area contributed by atoms with E-state index < -0.39 is 11.9 Å². The summed E-state index contributed by atoms with van der Waals surface area (Å²) in [6.07, 6.45) is 1.65. The average molecular weight is 276 g/mol. The number of anilines is 1. The summed E-state index contributed by atoms with van der Waals surface area (Å²) >= 11 is 0. The number of nitrogens with two attached hydrogens (primary N) is 2. The molecule has 1 aromatic heterocycles. The van der Waals surface area contributed by atoms with Crippen LogP contribution in [0.25, 0.3) is 0 Å². The van der Waals surface area contributed by atoms with Crippen molar-refractivity contribution in [2.45, 2.75) is 13.0 Å². The van der Waals surface area contributed by atoms with Crippen LogP contribution in [0.4, 0.5) is 10.2 Å². The van der Waals surface area contributed by atoms with Crippen molar-refractivity contribution in [1.29, 1.82) is 0 Å². The Bertz CT molecular complexity index is 618. The zero-order valence-corrected chi connectivity index (χ0v) is 11.4. The molecule has 5 N–H and O–H groups in total. The van der Waals surface area contributed by atoms with Crippen LogP contribution in [-0.4, -0.2) is 12.1 Å². The summed E-state index contributed by atoms with van der Waals surface area (Å²) < 4.78 is 19.1. The maximum atomic E-state index is 14.2. The summed E-state index contributed by atoms with van der Waals surface area (Å²) in [4.78, 5) is 4.07. The summed E-state index contributed by atoms with van der Waals surface area (Å²) in [5.41, 5.74) is 10.4. The average Bonchev–Trinajstić information content (AvgIpc) is 2.44. The minimum Gasteiger partial charge on any atom is -0.497 e. The van der Waals surface area contributed by atoms with E-state index in [-0.39, 0.29) is 0 Å². The van der Waals surface area contributed by atoms with Crippen molar-refractivity contribution in [3.05, 3.63) is 53.0 Å². The second-order valence-electron chi connectivity index (χ2n) is 4.47. The van der Waals surface area contributed by atoms with E-state index in [4.69, 9.17) is 16.3 Å². The molecule has 0 bridgehead atoms. The summed E-state index contributed by atoms with van der Waals surface area (Å²) in [6, 6.07) is 5.84. The Morgan fingerprint density at radius 3 is 2.65 bits per heavy atom. The molecule has 1 atom stereocenters. The molecule has 6 heteroatoms. The molecule has 0 saturated heterocycles. The van der Waals surface area contributed by atoms with Crippen LogP contribution in [0.3, 0.4) is 0 Å². The Labute approximate surface area is 116 Å². The Morgan fingerprint density at radius 1 is 1.30 bits per heavy atom. The lowest BCUT2D eigenvalue weighted by molar-refractivity contribution is 0.410. The zero-order valence-electron chi connectivity index (χ0n) is 11.4. The fourth-order valence-electron chi connectivity index (χ4n) is 2.05. The van der Waals surface area contributed by atoms with E-state index in [1.165, 1.54) is 13.2 Å². The van der Waals surface area contributed by atoms with Gasteiger partial charge >= 0.3 is 0 Å². The summed E-state index contributed by atoms with van der Waals surface area (Å²) in [6.45, 7) is 1.88. The quantitative estimate of drug-likeness (QED) is 0.584. The van der Waals surface area contributed by atoms with E-state index >= 15 is 0 Å². The van der Waals surface area contributed by atoms with Gasteiger partial charge in [0, 0.05) is 23.4 Å². The molecule has 1 unspecified atom stereocenters. The Balaban J connectivity index is 2.49. The van der Waals surface area contributed by atoms with E-state index in [2.05, 4.69) is 10.4 Å². The van der Waals surface area contributed by atoms with Gasteiger partial charge in [-0.25, -0.2) is 14.8 Å². The number of nitrogens with zero attached hydrogens (tertiary/aromatic N) is 1. The highest BCUT2D eigenvalue weighted by Crippen LogP contribution is 2.29.